The minimum absolute atomic E-state index is 0.816. The highest BCUT2D eigenvalue weighted by atomic mass is 32.2. The van der Waals surface area contributed by atoms with Gasteiger partial charge >= 0.3 is 0 Å². The van der Waals surface area contributed by atoms with Gasteiger partial charge in [0.2, 0.25) is 0 Å². The fourth-order valence-electron chi connectivity index (χ4n) is 1.32. The second kappa shape index (κ2) is 5.64. The lowest BCUT2D eigenvalue weighted by Gasteiger charge is -2.05. The van der Waals surface area contributed by atoms with Gasteiger partial charge in [0.15, 0.2) is 0 Å². The van der Waals surface area contributed by atoms with E-state index in [4.69, 9.17) is 8.92 Å². The summed E-state index contributed by atoms with van der Waals surface area (Å²) >= 11 is 1.35. The molecular formula is C14H14O2S. The summed E-state index contributed by atoms with van der Waals surface area (Å²) in [6.07, 6.45) is 0. The zero-order chi connectivity index (χ0) is 12.1. The Balaban J connectivity index is 1.95. The highest BCUT2D eigenvalue weighted by molar-refractivity contribution is 7.95. The molecule has 0 atom stereocenters. The molecule has 2 aromatic rings. The smallest absolute Gasteiger partial charge is 0.138 e. The van der Waals surface area contributed by atoms with Crippen LogP contribution in [0.25, 0.3) is 0 Å². The van der Waals surface area contributed by atoms with Gasteiger partial charge in [-0.2, -0.15) is 0 Å². The number of hydrogen-bond acceptors (Lipinski definition) is 3. The molecule has 2 aromatic carbocycles. The van der Waals surface area contributed by atoms with Crippen molar-refractivity contribution in [1.29, 1.82) is 0 Å². The second-order valence-electron chi connectivity index (χ2n) is 3.66. The number of methoxy groups -OCH3 is 1. The zero-order valence-corrected chi connectivity index (χ0v) is 10.7. The quantitative estimate of drug-likeness (QED) is 0.757. The Hall–Kier alpha value is -1.61. The summed E-state index contributed by atoms with van der Waals surface area (Å²) < 4.78 is 10.7. The largest absolute Gasteiger partial charge is 0.497 e. The number of aryl methyl sites for hydroxylation is 1. The highest BCUT2D eigenvalue weighted by Crippen LogP contribution is 2.25. The minimum Gasteiger partial charge on any atom is -0.497 e. The van der Waals surface area contributed by atoms with Crippen LogP contribution in [0.2, 0.25) is 0 Å². The Morgan fingerprint density at radius 1 is 0.824 bits per heavy atom. The van der Waals surface area contributed by atoms with Crippen LogP contribution in [-0.2, 0) is 0 Å². The minimum atomic E-state index is 0.816. The van der Waals surface area contributed by atoms with E-state index in [1.165, 1.54) is 17.6 Å². The van der Waals surface area contributed by atoms with Crippen LogP contribution < -0.4 is 8.92 Å². The molecule has 0 amide bonds. The van der Waals surface area contributed by atoms with Gasteiger partial charge in [-0.05, 0) is 43.3 Å². The molecule has 0 aromatic heterocycles. The van der Waals surface area contributed by atoms with Crippen LogP contribution in [0, 0.1) is 6.92 Å². The van der Waals surface area contributed by atoms with Gasteiger partial charge in [-0.15, -0.1) is 0 Å². The molecule has 0 bridgehead atoms. The van der Waals surface area contributed by atoms with E-state index >= 15 is 0 Å². The predicted molar refractivity (Wildman–Crippen MR) is 70.7 cm³/mol. The van der Waals surface area contributed by atoms with Gasteiger partial charge in [-0.3, -0.25) is 0 Å². The van der Waals surface area contributed by atoms with Crippen molar-refractivity contribution >= 4 is 12.0 Å². The van der Waals surface area contributed by atoms with Gasteiger partial charge in [0.1, 0.15) is 11.5 Å². The number of rotatable bonds is 4. The monoisotopic (exact) mass is 246 g/mol. The molecule has 0 heterocycles. The molecule has 0 saturated heterocycles. The standard InChI is InChI=1S/C14H14O2S/c1-11-3-9-14(10-4-11)17-16-13-7-5-12(15-2)6-8-13/h3-10H,1-2H3. The average molecular weight is 246 g/mol. The molecule has 0 aliphatic rings. The van der Waals surface area contributed by atoms with Crippen LogP contribution in [0.1, 0.15) is 5.56 Å². The molecule has 0 radical (unpaired) electrons. The van der Waals surface area contributed by atoms with Crippen molar-refractivity contribution in [3.8, 4) is 11.5 Å². The maximum atomic E-state index is 5.59. The van der Waals surface area contributed by atoms with Crippen LogP contribution in [0.3, 0.4) is 0 Å². The molecule has 88 valence electrons. The van der Waals surface area contributed by atoms with Gasteiger partial charge in [0, 0.05) is 4.90 Å². The average Bonchev–Trinajstić information content (AvgIpc) is 2.39. The summed E-state index contributed by atoms with van der Waals surface area (Å²) in [5.74, 6) is 1.65. The molecule has 17 heavy (non-hydrogen) atoms. The van der Waals surface area contributed by atoms with Crippen LogP contribution in [0.15, 0.2) is 53.4 Å². The lowest BCUT2D eigenvalue weighted by atomic mass is 10.2. The van der Waals surface area contributed by atoms with Crippen molar-refractivity contribution in [1.82, 2.24) is 0 Å². The van der Waals surface area contributed by atoms with Gasteiger partial charge in [-0.25, -0.2) is 0 Å². The lowest BCUT2D eigenvalue weighted by molar-refractivity contribution is 0.414. The van der Waals surface area contributed by atoms with E-state index in [-0.39, 0.29) is 0 Å². The maximum absolute atomic E-state index is 5.59. The van der Waals surface area contributed by atoms with Gasteiger partial charge < -0.3 is 8.92 Å². The third kappa shape index (κ3) is 3.43. The molecular weight excluding hydrogens is 232 g/mol. The molecule has 3 heteroatoms. The van der Waals surface area contributed by atoms with E-state index in [1.807, 2.05) is 36.4 Å². The summed E-state index contributed by atoms with van der Waals surface area (Å²) in [4.78, 5) is 1.09. The lowest BCUT2D eigenvalue weighted by Crippen LogP contribution is -1.84. The predicted octanol–water partition coefficient (Wildman–Crippen LogP) is 4.09. The summed E-state index contributed by atoms with van der Waals surface area (Å²) in [7, 11) is 1.65. The first-order chi connectivity index (χ1) is 8.28. The Bertz CT molecular complexity index is 463. The van der Waals surface area contributed by atoms with Crippen LogP contribution >= 0.6 is 12.0 Å². The Morgan fingerprint density at radius 3 is 2.00 bits per heavy atom. The van der Waals surface area contributed by atoms with Crippen molar-refractivity contribution in [3.05, 3.63) is 54.1 Å². The first kappa shape index (κ1) is 11.9. The van der Waals surface area contributed by atoms with E-state index < -0.39 is 0 Å². The topological polar surface area (TPSA) is 18.5 Å². The third-order valence-electron chi connectivity index (χ3n) is 2.31. The van der Waals surface area contributed by atoms with E-state index in [1.54, 1.807) is 7.11 Å². The zero-order valence-electron chi connectivity index (χ0n) is 9.84. The van der Waals surface area contributed by atoms with Gasteiger partial charge in [0.25, 0.3) is 0 Å². The van der Waals surface area contributed by atoms with Crippen molar-refractivity contribution in [3.63, 3.8) is 0 Å². The van der Waals surface area contributed by atoms with Crippen molar-refractivity contribution in [2.45, 2.75) is 11.8 Å². The van der Waals surface area contributed by atoms with E-state index in [9.17, 15) is 0 Å². The van der Waals surface area contributed by atoms with Crippen molar-refractivity contribution in [2.75, 3.05) is 7.11 Å². The molecule has 0 N–H and O–H groups in total. The van der Waals surface area contributed by atoms with E-state index in [0.29, 0.717) is 0 Å². The summed E-state index contributed by atoms with van der Waals surface area (Å²) in [5, 5.41) is 0. The second-order valence-corrected chi connectivity index (χ2v) is 4.46. The summed E-state index contributed by atoms with van der Waals surface area (Å²) in [6.45, 7) is 2.07. The summed E-state index contributed by atoms with van der Waals surface area (Å²) in [6, 6.07) is 15.8. The Kier molecular flexibility index (Phi) is 3.94. The van der Waals surface area contributed by atoms with Crippen molar-refractivity contribution in [2.24, 2.45) is 0 Å². The first-order valence-corrected chi connectivity index (χ1v) is 6.07. The molecule has 2 nitrogen and oxygen atoms in total. The molecule has 0 saturated carbocycles. The Morgan fingerprint density at radius 2 is 1.41 bits per heavy atom. The fraction of sp³-hybridized carbons (Fsp3) is 0.143. The van der Waals surface area contributed by atoms with Crippen LogP contribution in [0.5, 0.6) is 11.5 Å². The maximum Gasteiger partial charge on any atom is 0.138 e. The summed E-state index contributed by atoms with van der Waals surface area (Å²) in [5.41, 5.74) is 1.25. The van der Waals surface area contributed by atoms with Crippen LogP contribution in [0.4, 0.5) is 0 Å². The molecule has 0 unspecified atom stereocenters. The highest BCUT2D eigenvalue weighted by Gasteiger charge is 1.98. The van der Waals surface area contributed by atoms with Crippen LogP contribution in [-0.4, -0.2) is 7.11 Å². The SMILES string of the molecule is COc1ccc(OSc2ccc(C)cc2)cc1. The normalized spacial score (nSPS) is 10.0. The Labute approximate surface area is 106 Å². The molecule has 0 spiro atoms. The third-order valence-corrected chi connectivity index (χ3v) is 3.05. The number of benzene rings is 2. The number of hydrogen-bond donors (Lipinski definition) is 0. The van der Waals surface area contributed by atoms with E-state index in [2.05, 4.69) is 19.1 Å². The molecule has 0 fully saturated rings. The molecule has 0 aliphatic carbocycles. The van der Waals surface area contributed by atoms with Gasteiger partial charge in [-0.1, -0.05) is 17.7 Å². The molecule has 0 aliphatic heterocycles. The number of ether oxygens (including phenoxy) is 1. The van der Waals surface area contributed by atoms with Crippen molar-refractivity contribution < 1.29 is 8.92 Å². The fourth-order valence-corrected chi connectivity index (χ4v) is 1.87. The van der Waals surface area contributed by atoms with E-state index in [0.717, 1.165) is 16.4 Å². The first-order valence-electron chi connectivity index (χ1n) is 5.33. The van der Waals surface area contributed by atoms with Gasteiger partial charge in [0.05, 0.1) is 19.2 Å². The molecule has 2 rings (SSSR count).